The van der Waals surface area contributed by atoms with Gasteiger partial charge in [-0.05, 0) is 18.4 Å². The van der Waals surface area contributed by atoms with Crippen LogP contribution in [0, 0.1) is 5.92 Å². The molecule has 1 fully saturated rings. The summed E-state index contributed by atoms with van der Waals surface area (Å²) in [4.78, 5) is 6.40. The average molecular weight is 317 g/mol. The first-order valence-corrected chi connectivity index (χ1v) is 6.50. The number of rotatable bonds is 1. The standard InChI is InChI=1S/C11H16IN3/c1-8-4-9(12)7-15(6-8)11-2-3-14-5-10(11)13/h2-3,5,8-9H,4,6-7,13H2,1H3/t8-,9+/m1/s1. The predicted molar refractivity (Wildman–Crippen MR) is 72.5 cm³/mol. The molecule has 4 heteroatoms. The van der Waals surface area contributed by atoms with Gasteiger partial charge in [0.1, 0.15) is 0 Å². The van der Waals surface area contributed by atoms with E-state index in [0.717, 1.165) is 34.3 Å². The highest BCUT2D eigenvalue weighted by atomic mass is 127. The van der Waals surface area contributed by atoms with Gasteiger partial charge in [-0.25, -0.2) is 0 Å². The SMILES string of the molecule is C[C@@H]1C[C@H](I)CN(c2ccncc2N)C1. The number of nitrogen functional groups attached to an aromatic ring is 1. The fourth-order valence-electron chi connectivity index (χ4n) is 2.16. The van der Waals surface area contributed by atoms with Crippen molar-refractivity contribution in [1.29, 1.82) is 0 Å². The van der Waals surface area contributed by atoms with Crippen LogP contribution >= 0.6 is 22.6 Å². The number of pyridine rings is 1. The maximum Gasteiger partial charge on any atom is 0.0738 e. The topological polar surface area (TPSA) is 42.2 Å². The maximum atomic E-state index is 5.94. The summed E-state index contributed by atoms with van der Waals surface area (Å²) in [5, 5.41) is 0. The Hall–Kier alpha value is -0.520. The Kier molecular flexibility index (Phi) is 3.33. The molecule has 2 N–H and O–H groups in total. The molecule has 15 heavy (non-hydrogen) atoms. The third kappa shape index (κ3) is 2.53. The monoisotopic (exact) mass is 317 g/mol. The number of anilines is 2. The summed E-state index contributed by atoms with van der Waals surface area (Å²) in [5.74, 6) is 0.744. The lowest BCUT2D eigenvalue weighted by atomic mass is 10.00. The van der Waals surface area contributed by atoms with Gasteiger partial charge >= 0.3 is 0 Å². The van der Waals surface area contributed by atoms with E-state index in [0.29, 0.717) is 0 Å². The van der Waals surface area contributed by atoms with Crippen molar-refractivity contribution in [2.45, 2.75) is 17.3 Å². The molecule has 1 aromatic heterocycles. The van der Waals surface area contributed by atoms with Gasteiger partial charge in [0.15, 0.2) is 0 Å². The second-order valence-electron chi connectivity index (χ2n) is 4.28. The highest BCUT2D eigenvalue weighted by molar-refractivity contribution is 14.1. The van der Waals surface area contributed by atoms with E-state index in [2.05, 4.69) is 39.4 Å². The average Bonchev–Trinajstić information content (AvgIpc) is 2.16. The zero-order valence-corrected chi connectivity index (χ0v) is 11.0. The van der Waals surface area contributed by atoms with E-state index in [9.17, 15) is 0 Å². The molecule has 0 aromatic carbocycles. The summed E-state index contributed by atoms with van der Waals surface area (Å²) in [7, 11) is 0. The van der Waals surface area contributed by atoms with Crippen molar-refractivity contribution in [2.75, 3.05) is 23.7 Å². The molecule has 0 amide bonds. The molecule has 0 bridgehead atoms. The minimum atomic E-state index is 0.721. The molecule has 82 valence electrons. The minimum Gasteiger partial charge on any atom is -0.396 e. The fraction of sp³-hybridized carbons (Fsp3) is 0.545. The third-order valence-corrected chi connectivity index (χ3v) is 3.68. The van der Waals surface area contributed by atoms with Gasteiger partial charge < -0.3 is 10.6 Å². The van der Waals surface area contributed by atoms with Crippen LogP contribution in [-0.4, -0.2) is 22.0 Å². The molecule has 2 heterocycles. The van der Waals surface area contributed by atoms with Crippen molar-refractivity contribution in [2.24, 2.45) is 5.92 Å². The van der Waals surface area contributed by atoms with Gasteiger partial charge in [-0.15, -0.1) is 0 Å². The number of halogens is 1. The van der Waals surface area contributed by atoms with Crippen molar-refractivity contribution in [3.8, 4) is 0 Å². The molecular formula is C11H16IN3. The van der Waals surface area contributed by atoms with Crippen molar-refractivity contribution in [3.05, 3.63) is 18.5 Å². The molecule has 3 nitrogen and oxygen atoms in total. The highest BCUT2D eigenvalue weighted by Crippen LogP contribution is 2.29. The molecule has 2 atom stereocenters. The zero-order valence-electron chi connectivity index (χ0n) is 8.86. The van der Waals surface area contributed by atoms with Crippen LogP contribution in [0.2, 0.25) is 0 Å². The first-order valence-electron chi connectivity index (χ1n) is 5.25. The van der Waals surface area contributed by atoms with Crippen LogP contribution in [0.4, 0.5) is 11.4 Å². The number of hydrogen-bond donors (Lipinski definition) is 1. The predicted octanol–water partition coefficient (Wildman–Crippen LogP) is 2.31. The molecule has 0 aliphatic carbocycles. The van der Waals surface area contributed by atoms with Crippen molar-refractivity contribution < 1.29 is 0 Å². The number of aromatic nitrogens is 1. The Balaban J connectivity index is 2.20. The number of hydrogen-bond acceptors (Lipinski definition) is 3. The molecule has 1 aromatic rings. The first kappa shape index (κ1) is 11.0. The van der Waals surface area contributed by atoms with Gasteiger partial charge in [0.05, 0.1) is 17.6 Å². The van der Waals surface area contributed by atoms with E-state index < -0.39 is 0 Å². The minimum absolute atomic E-state index is 0.721. The van der Waals surface area contributed by atoms with Crippen LogP contribution in [0.5, 0.6) is 0 Å². The molecule has 0 saturated carbocycles. The van der Waals surface area contributed by atoms with Gasteiger partial charge in [-0.3, -0.25) is 4.98 Å². The molecule has 1 aliphatic rings. The van der Waals surface area contributed by atoms with Crippen LogP contribution in [0.15, 0.2) is 18.5 Å². The highest BCUT2D eigenvalue weighted by Gasteiger charge is 2.23. The van der Waals surface area contributed by atoms with Crippen LogP contribution in [-0.2, 0) is 0 Å². The summed E-state index contributed by atoms with van der Waals surface area (Å²) in [5.41, 5.74) is 7.86. The molecular weight excluding hydrogens is 301 g/mol. The van der Waals surface area contributed by atoms with E-state index in [1.807, 2.05) is 12.3 Å². The summed E-state index contributed by atoms with van der Waals surface area (Å²) < 4.78 is 0.721. The van der Waals surface area contributed by atoms with E-state index in [-0.39, 0.29) is 0 Å². The number of nitrogens with two attached hydrogens (primary N) is 1. The molecule has 0 spiro atoms. The lowest BCUT2D eigenvalue weighted by Gasteiger charge is -2.36. The largest absolute Gasteiger partial charge is 0.396 e. The Labute approximate surface area is 104 Å². The fourth-order valence-corrected chi connectivity index (χ4v) is 3.50. The molecule has 2 rings (SSSR count). The van der Waals surface area contributed by atoms with Gasteiger partial charge in [-0.1, -0.05) is 29.5 Å². The Morgan fingerprint density at radius 3 is 3.00 bits per heavy atom. The molecule has 0 radical (unpaired) electrons. The summed E-state index contributed by atoms with van der Waals surface area (Å²) in [6, 6.07) is 2.01. The van der Waals surface area contributed by atoms with Gasteiger partial charge in [-0.2, -0.15) is 0 Å². The van der Waals surface area contributed by atoms with Crippen molar-refractivity contribution >= 4 is 34.0 Å². The quantitative estimate of drug-likeness (QED) is 0.638. The second-order valence-corrected chi connectivity index (χ2v) is 6.04. The Morgan fingerprint density at radius 2 is 2.33 bits per heavy atom. The van der Waals surface area contributed by atoms with Crippen molar-refractivity contribution in [3.63, 3.8) is 0 Å². The Morgan fingerprint density at radius 1 is 1.53 bits per heavy atom. The number of piperidine rings is 1. The van der Waals surface area contributed by atoms with Crippen LogP contribution in [0.25, 0.3) is 0 Å². The second kappa shape index (κ2) is 4.55. The van der Waals surface area contributed by atoms with Crippen molar-refractivity contribution in [1.82, 2.24) is 4.98 Å². The third-order valence-electron chi connectivity index (χ3n) is 2.78. The van der Waals surface area contributed by atoms with Crippen LogP contribution in [0.3, 0.4) is 0 Å². The first-order chi connectivity index (χ1) is 7.16. The Bertz CT molecular complexity index is 332. The molecule has 1 saturated heterocycles. The van der Waals surface area contributed by atoms with E-state index in [1.54, 1.807) is 6.20 Å². The molecule has 0 unspecified atom stereocenters. The maximum absolute atomic E-state index is 5.94. The van der Waals surface area contributed by atoms with Crippen LogP contribution in [0.1, 0.15) is 13.3 Å². The van der Waals surface area contributed by atoms with Gasteiger partial charge in [0.2, 0.25) is 0 Å². The number of alkyl halides is 1. The normalized spacial score (nSPS) is 26.7. The number of nitrogens with zero attached hydrogens (tertiary/aromatic N) is 2. The van der Waals surface area contributed by atoms with Gasteiger partial charge in [0, 0.05) is 23.2 Å². The molecule has 1 aliphatic heterocycles. The summed E-state index contributed by atoms with van der Waals surface area (Å²) >= 11 is 2.53. The van der Waals surface area contributed by atoms with E-state index in [4.69, 9.17) is 5.73 Å². The lowest BCUT2D eigenvalue weighted by molar-refractivity contribution is 0.464. The summed E-state index contributed by atoms with van der Waals surface area (Å²) in [6.07, 6.45) is 4.85. The smallest absolute Gasteiger partial charge is 0.0738 e. The van der Waals surface area contributed by atoms with E-state index in [1.165, 1.54) is 6.42 Å². The van der Waals surface area contributed by atoms with Gasteiger partial charge in [0.25, 0.3) is 0 Å². The summed E-state index contributed by atoms with van der Waals surface area (Å²) in [6.45, 7) is 4.50. The van der Waals surface area contributed by atoms with E-state index >= 15 is 0 Å². The lowest BCUT2D eigenvalue weighted by Crippen LogP contribution is -2.40. The van der Waals surface area contributed by atoms with Crippen LogP contribution < -0.4 is 10.6 Å². The zero-order chi connectivity index (χ0) is 10.8.